The maximum atomic E-state index is 13.7. The lowest BCUT2D eigenvalue weighted by Gasteiger charge is -2.41. The van der Waals surface area contributed by atoms with Gasteiger partial charge >= 0.3 is 6.61 Å². The molecule has 0 saturated heterocycles. The van der Waals surface area contributed by atoms with Crippen LogP contribution in [-0.4, -0.2) is 28.1 Å². The fourth-order valence-electron chi connectivity index (χ4n) is 5.93. The van der Waals surface area contributed by atoms with Crippen LogP contribution in [0.4, 0.5) is 31.7 Å². The SMILES string of the molecule is CCc1ccc(NC2=Nc3ccccc3N3C2=Nc2c(c(C)nn2-c2ccccc2C)[C@H]3c2ccccc2OC(F)F)cc1. The summed E-state index contributed by atoms with van der Waals surface area (Å²) < 4.78 is 34.4. The monoisotopic (exact) mass is 588 g/mol. The highest BCUT2D eigenvalue weighted by Gasteiger charge is 2.42. The molecule has 1 atom stereocenters. The first kappa shape index (κ1) is 27.5. The molecule has 0 unspecified atom stereocenters. The Morgan fingerprint density at radius 3 is 2.30 bits per heavy atom. The number of aliphatic imine (C=N–C) groups is 2. The zero-order valence-corrected chi connectivity index (χ0v) is 24.5. The molecule has 9 heteroatoms. The first-order valence-corrected chi connectivity index (χ1v) is 14.5. The van der Waals surface area contributed by atoms with Crippen molar-refractivity contribution in [3.63, 3.8) is 0 Å². The van der Waals surface area contributed by atoms with Gasteiger partial charge in [-0.15, -0.1) is 0 Å². The van der Waals surface area contributed by atoms with Gasteiger partial charge in [-0.25, -0.2) is 14.7 Å². The Morgan fingerprint density at radius 2 is 1.55 bits per heavy atom. The number of nitrogens with one attached hydrogen (secondary N) is 1. The highest BCUT2D eigenvalue weighted by Crippen LogP contribution is 2.50. The van der Waals surface area contributed by atoms with E-state index in [2.05, 4.69) is 29.3 Å². The number of hydrogen-bond donors (Lipinski definition) is 1. The number of anilines is 2. The van der Waals surface area contributed by atoms with Crippen LogP contribution in [0.1, 0.15) is 40.9 Å². The van der Waals surface area contributed by atoms with Crippen molar-refractivity contribution in [1.82, 2.24) is 9.78 Å². The number of fused-ring (bicyclic) bond motifs is 4. The zero-order valence-electron chi connectivity index (χ0n) is 24.5. The van der Waals surface area contributed by atoms with Crippen LogP contribution in [0.25, 0.3) is 5.69 Å². The van der Waals surface area contributed by atoms with Crippen LogP contribution < -0.4 is 15.0 Å². The maximum Gasteiger partial charge on any atom is 0.387 e. The molecule has 0 aliphatic carbocycles. The molecule has 1 N–H and O–H groups in total. The van der Waals surface area contributed by atoms with Crippen molar-refractivity contribution in [3.8, 4) is 11.4 Å². The summed E-state index contributed by atoms with van der Waals surface area (Å²) in [5, 5.41) is 8.46. The first-order chi connectivity index (χ1) is 21.4. The Kier molecular flexibility index (Phi) is 6.93. The van der Waals surface area contributed by atoms with Crippen LogP contribution in [0.15, 0.2) is 107 Å². The maximum absolute atomic E-state index is 13.7. The number of aryl methyl sites for hydroxylation is 3. The molecule has 7 rings (SSSR count). The smallest absolute Gasteiger partial charge is 0.387 e. The second-order valence-corrected chi connectivity index (χ2v) is 10.8. The van der Waals surface area contributed by atoms with E-state index in [0.29, 0.717) is 23.1 Å². The number of para-hydroxylation sites is 4. The highest BCUT2D eigenvalue weighted by molar-refractivity contribution is 6.51. The van der Waals surface area contributed by atoms with E-state index in [0.717, 1.165) is 46.0 Å². The van der Waals surface area contributed by atoms with Crippen LogP contribution in [-0.2, 0) is 6.42 Å². The molecule has 4 aromatic carbocycles. The number of ether oxygens (including phenoxy) is 1. The van der Waals surface area contributed by atoms with E-state index in [1.807, 2.05) is 91.3 Å². The van der Waals surface area contributed by atoms with Gasteiger partial charge in [0.25, 0.3) is 0 Å². The molecule has 0 saturated carbocycles. The molecule has 0 bridgehead atoms. The predicted molar refractivity (Wildman–Crippen MR) is 171 cm³/mol. The fraction of sp³-hybridized carbons (Fsp3) is 0.171. The third-order valence-corrected chi connectivity index (χ3v) is 8.04. The summed E-state index contributed by atoms with van der Waals surface area (Å²) in [7, 11) is 0. The summed E-state index contributed by atoms with van der Waals surface area (Å²) in [5.41, 5.74) is 7.60. The van der Waals surface area contributed by atoms with Gasteiger partial charge in [-0.3, -0.25) is 0 Å². The molecule has 2 aliphatic rings. The van der Waals surface area contributed by atoms with Crippen LogP contribution in [0.3, 0.4) is 0 Å². The Morgan fingerprint density at radius 1 is 0.841 bits per heavy atom. The number of halogens is 2. The summed E-state index contributed by atoms with van der Waals surface area (Å²) in [6.45, 7) is 3.08. The Labute approximate surface area is 254 Å². The second-order valence-electron chi connectivity index (χ2n) is 10.8. The number of rotatable bonds is 6. The Balaban J connectivity index is 1.50. The molecule has 0 amide bonds. The van der Waals surface area contributed by atoms with E-state index < -0.39 is 12.7 Å². The van der Waals surface area contributed by atoms with Gasteiger partial charge in [0.2, 0.25) is 0 Å². The Hall–Kier alpha value is -5.31. The summed E-state index contributed by atoms with van der Waals surface area (Å²) in [4.78, 5) is 12.3. The van der Waals surface area contributed by atoms with E-state index in [4.69, 9.17) is 19.8 Å². The van der Waals surface area contributed by atoms with Crippen molar-refractivity contribution in [3.05, 3.63) is 125 Å². The molecule has 220 valence electrons. The quantitative estimate of drug-likeness (QED) is 0.216. The van der Waals surface area contributed by atoms with Crippen molar-refractivity contribution in [2.45, 2.75) is 39.8 Å². The molecule has 1 aromatic heterocycles. The molecular weight excluding hydrogens is 558 g/mol. The summed E-state index contributed by atoms with van der Waals surface area (Å²) in [6, 6.07) is 30.3. The number of nitrogens with zero attached hydrogens (tertiary/aromatic N) is 5. The molecule has 0 fully saturated rings. The summed E-state index contributed by atoms with van der Waals surface area (Å²) >= 11 is 0. The Bertz CT molecular complexity index is 1930. The van der Waals surface area contributed by atoms with Gasteiger partial charge in [-0.1, -0.05) is 67.6 Å². The third kappa shape index (κ3) is 4.70. The van der Waals surface area contributed by atoms with Crippen molar-refractivity contribution in [2.75, 3.05) is 10.2 Å². The predicted octanol–water partition coefficient (Wildman–Crippen LogP) is 8.45. The minimum absolute atomic E-state index is 0.0902. The molecule has 0 spiro atoms. The highest BCUT2D eigenvalue weighted by atomic mass is 19.3. The topological polar surface area (TPSA) is 67.0 Å². The molecular formula is C35H30F2N6O. The molecule has 44 heavy (non-hydrogen) atoms. The van der Waals surface area contributed by atoms with Gasteiger partial charge in [-0.2, -0.15) is 13.9 Å². The number of amidine groups is 2. The standard InChI is InChI=1S/C35H30F2N6O/c1-4-23-17-19-24(20-18-23)38-32-34-40-33-30(22(3)41-43(33)27-14-8-5-11-21(27)2)31(25-12-6-10-16-29(25)44-35(36)37)42(34)28-15-9-7-13-26(28)39-32/h5-20,31,35H,4H2,1-3H3,(H,38,39)/t31-/m1/s1. The number of hydrogen-bond acceptors (Lipinski definition) is 6. The van der Waals surface area contributed by atoms with E-state index in [1.165, 1.54) is 5.56 Å². The summed E-state index contributed by atoms with van der Waals surface area (Å²) in [5.74, 6) is 1.77. The minimum Gasteiger partial charge on any atom is -0.434 e. The first-order valence-electron chi connectivity index (χ1n) is 14.5. The number of alkyl halides is 2. The van der Waals surface area contributed by atoms with Crippen LogP contribution in [0, 0.1) is 13.8 Å². The van der Waals surface area contributed by atoms with Gasteiger partial charge in [0.1, 0.15) is 5.75 Å². The second kappa shape index (κ2) is 11.1. The number of benzene rings is 4. The largest absolute Gasteiger partial charge is 0.434 e. The van der Waals surface area contributed by atoms with E-state index in [-0.39, 0.29) is 5.75 Å². The van der Waals surface area contributed by atoms with Crippen molar-refractivity contribution in [2.24, 2.45) is 9.98 Å². The van der Waals surface area contributed by atoms with Gasteiger partial charge < -0.3 is 15.0 Å². The van der Waals surface area contributed by atoms with Gasteiger partial charge in [0, 0.05) is 16.8 Å². The third-order valence-electron chi connectivity index (χ3n) is 8.04. The van der Waals surface area contributed by atoms with Crippen molar-refractivity contribution in [1.29, 1.82) is 0 Å². The van der Waals surface area contributed by atoms with Gasteiger partial charge in [0.15, 0.2) is 17.5 Å². The van der Waals surface area contributed by atoms with Crippen molar-refractivity contribution < 1.29 is 13.5 Å². The van der Waals surface area contributed by atoms with Crippen molar-refractivity contribution >= 4 is 34.6 Å². The number of aromatic nitrogens is 2. The normalized spacial score (nSPS) is 15.2. The van der Waals surface area contributed by atoms with Gasteiger partial charge in [0.05, 0.1) is 28.8 Å². The summed E-state index contributed by atoms with van der Waals surface area (Å²) in [6.07, 6.45) is 0.932. The lowest BCUT2D eigenvalue weighted by Crippen LogP contribution is -2.46. The van der Waals surface area contributed by atoms with E-state index >= 15 is 0 Å². The molecule has 2 aliphatic heterocycles. The fourth-order valence-corrected chi connectivity index (χ4v) is 5.93. The van der Waals surface area contributed by atoms with Crippen LogP contribution in [0.2, 0.25) is 0 Å². The molecule has 5 aromatic rings. The van der Waals surface area contributed by atoms with Crippen LogP contribution >= 0.6 is 0 Å². The van der Waals surface area contributed by atoms with E-state index in [1.54, 1.807) is 12.1 Å². The van der Waals surface area contributed by atoms with Crippen LogP contribution in [0.5, 0.6) is 5.75 Å². The minimum atomic E-state index is -2.98. The average Bonchev–Trinajstić information content (AvgIpc) is 3.36. The molecule has 3 heterocycles. The lowest BCUT2D eigenvalue weighted by atomic mass is 9.92. The van der Waals surface area contributed by atoms with Gasteiger partial charge in [-0.05, 0) is 67.8 Å². The zero-order chi connectivity index (χ0) is 30.4. The van der Waals surface area contributed by atoms with E-state index in [9.17, 15) is 8.78 Å². The lowest BCUT2D eigenvalue weighted by molar-refractivity contribution is -0.0505. The average molecular weight is 589 g/mol. The molecule has 7 nitrogen and oxygen atoms in total. The molecule has 0 radical (unpaired) electrons.